The van der Waals surface area contributed by atoms with Gasteiger partial charge in [-0.15, -0.1) is 0 Å². The molecule has 0 saturated heterocycles. The highest BCUT2D eigenvalue weighted by Gasteiger charge is 2.09. The zero-order valence-corrected chi connectivity index (χ0v) is 7.58. The molecule has 1 amide bonds. The van der Waals surface area contributed by atoms with E-state index >= 15 is 0 Å². The molecule has 1 heterocycles. The van der Waals surface area contributed by atoms with Crippen molar-refractivity contribution in [2.45, 2.75) is 5.16 Å². The van der Waals surface area contributed by atoms with Crippen molar-refractivity contribution in [1.29, 1.82) is 0 Å². The first-order valence-electron chi connectivity index (χ1n) is 3.26. The third-order valence-corrected chi connectivity index (χ3v) is 2.06. The molecule has 1 aromatic heterocycles. The van der Waals surface area contributed by atoms with E-state index in [0.29, 0.717) is 12.1 Å². The Morgan fingerprint density at radius 3 is 2.31 bits per heavy atom. The van der Waals surface area contributed by atoms with E-state index < -0.39 is 9.84 Å². The van der Waals surface area contributed by atoms with Gasteiger partial charge in [0, 0.05) is 6.26 Å². The monoisotopic (exact) mass is 201 g/mol. The molecule has 0 fully saturated rings. The number of carbonyl (C=O) groups is 1. The smallest absolute Gasteiger partial charge is 0.246 e. The minimum absolute atomic E-state index is 0.260. The second-order valence-electron chi connectivity index (χ2n) is 2.29. The summed E-state index contributed by atoms with van der Waals surface area (Å²) >= 11 is 0. The molecule has 6 nitrogen and oxygen atoms in total. The molecule has 0 aliphatic carbocycles. The maximum absolute atomic E-state index is 10.9. The minimum atomic E-state index is -3.37. The maximum Gasteiger partial charge on any atom is 0.246 e. The lowest BCUT2D eigenvalue weighted by Gasteiger charge is -1.98. The van der Waals surface area contributed by atoms with Crippen molar-refractivity contribution in [3.63, 3.8) is 0 Å². The van der Waals surface area contributed by atoms with Crippen molar-refractivity contribution in [3.8, 4) is 0 Å². The molecule has 1 rings (SSSR count). The van der Waals surface area contributed by atoms with Gasteiger partial charge in [-0.25, -0.2) is 18.4 Å². The van der Waals surface area contributed by atoms with E-state index in [1.807, 2.05) is 0 Å². The summed E-state index contributed by atoms with van der Waals surface area (Å²) in [4.78, 5) is 17.1. The Bertz CT molecular complexity index is 398. The molecule has 70 valence electrons. The van der Waals surface area contributed by atoms with Gasteiger partial charge >= 0.3 is 0 Å². The van der Waals surface area contributed by atoms with Crippen molar-refractivity contribution in [3.05, 3.63) is 12.4 Å². The van der Waals surface area contributed by atoms with Crippen LogP contribution in [0.4, 0.5) is 5.69 Å². The Morgan fingerprint density at radius 2 is 1.92 bits per heavy atom. The van der Waals surface area contributed by atoms with Crippen LogP contribution in [0.1, 0.15) is 0 Å². The average molecular weight is 201 g/mol. The predicted molar refractivity (Wildman–Crippen MR) is 44.8 cm³/mol. The molecule has 0 unspecified atom stereocenters. The van der Waals surface area contributed by atoms with Crippen LogP contribution < -0.4 is 5.32 Å². The summed E-state index contributed by atoms with van der Waals surface area (Å²) in [5.41, 5.74) is 0.349. The standard InChI is InChI=1S/C6H7N3O3S/c1-13(11,12)6-7-2-5(3-8-6)9-4-10/h2-4H,1H3,(H,9,10). The summed E-state index contributed by atoms with van der Waals surface area (Å²) in [6.07, 6.45) is 3.91. The zero-order chi connectivity index (χ0) is 9.90. The summed E-state index contributed by atoms with van der Waals surface area (Å²) in [5, 5.41) is 2.03. The average Bonchev–Trinajstić information content (AvgIpc) is 2.04. The van der Waals surface area contributed by atoms with Gasteiger partial charge in [-0.05, 0) is 0 Å². The summed E-state index contributed by atoms with van der Waals surface area (Å²) < 4.78 is 21.8. The molecule has 0 bridgehead atoms. The molecule has 1 aromatic rings. The van der Waals surface area contributed by atoms with Crippen LogP contribution in [0.5, 0.6) is 0 Å². The highest BCUT2D eigenvalue weighted by atomic mass is 32.2. The molecule has 7 heteroatoms. The van der Waals surface area contributed by atoms with Gasteiger partial charge in [0.2, 0.25) is 21.4 Å². The summed E-state index contributed by atoms with van der Waals surface area (Å²) in [6.45, 7) is 0. The van der Waals surface area contributed by atoms with Gasteiger partial charge in [0.05, 0.1) is 18.1 Å². The Hall–Kier alpha value is -1.50. The Balaban J connectivity index is 3.01. The van der Waals surface area contributed by atoms with E-state index in [-0.39, 0.29) is 5.16 Å². The molecule has 0 atom stereocenters. The van der Waals surface area contributed by atoms with Crippen LogP contribution in [-0.2, 0) is 14.6 Å². The third-order valence-electron chi connectivity index (χ3n) is 1.19. The van der Waals surface area contributed by atoms with Gasteiger partial charge in [0.1, 0.15) is 0 Å². The molecular formula is C6H7N3O3S. The van der Waals surface area contributed by atoms with Crippen LogP contribution in [0.3, 0.4) is 0 Å². The number of rotatable bonds is 3. The van der Waals surface area contributed by atoms with Crippen LogP contribution >= 0.6 is 0 Å². The van der Waals surface area contributed by atoms with Crippen LogP contribution in [0.15, 0.2) is 17.6 Å². The van der Waals surface area contributed by atoms with Gasteiger partial charge in [0.15, 0.2) is 0 Å². The quantitative estimate of drug-likeness (QED) is 0.523. The van der Waals surface area contributed by atoms with Gasteiger partial charge < -0.3 is 5.32 Å². The normalized spacial score (nSPS) is 10.8. The number of hydrogen-bond acceptors (Lipinski definition) is 5. The third kappa shape index (κ3) is 2.48. The predicted octanol–water partition coefficient (Wildman–Crippen LogP) is -0.552. The van der Waals surface area contributed by atoms with E-state index in [9.17, 15) is 13.2 Å². The van der Waals surface area contributed by atoms with Gasteiger partial charge in [-0.1, -0.05) is 0 Å². The SMILES string of the molecule is CS(=O)(=O)c1ncc(NC=O)cn1. The molecule has 0 spiro atoms. The molecular weight excluding hydrogens is 194 g/mol. The molecule has 0 saturated carbocycles. The lowest BCUT2D eigenvalue weighted by atomic mass is 10.5. The van der Waals surface area contributed by atoms with Gasteiger partial charge in [-0.2, -0.15) is 0 Å². The number of amides is 1. The van der Waals surface area contributed by atoms with E-state index in [4.69, 9.17) is 0 Å². The number of nitrogens with one attached hydrogen (secondary N) is 1. The van der Waals surface area contributed by atoms with E-state index in [1.54, 1.807) is 0 Å². The topological polar surface area (TPSA) is 89.0 Å². The van der Waals surface area contributed by atoms with Crippen LogP contribution in [0.25, 0.3) is 0 Å². The molecule has 0 radical (unpaired) electrons. The number of nitrogens with zero attached hydrogens (tertiary/aromatic N) is 2. The molecule has 13 heavy (non-hydrogen) atoms. The molecule has 0 aliphatic heterocycles. The van der Waals surface area contributed by atoms with E-state index in [0.717, 1.165) is 6.26 Å². The van der Waals surface area contributed by atoms with Gasteiger partial charge in [-0.3, -0.25) is 4.79 Å². The number of aromatic nitrogens is 2. The van der Waals surface area contributed by atoms with Crippen molar-refractivity contribution in [2.75, 3.05) is 11.6 Å². The fourth-order valence-corrected chi connectivity index (χ4v) is 1.14. The lowest BCUT2D eigenvalue weighted by molar-refractivity contribution is -0.105. The first-order valence-corrected chi connectivity index (χ1v) is 5.15. The minimum Gasteiger partial charge on any atom is -0.326 e. The highest BCUT2D eigenvalue weighted by molar-refractivity contribution is 7.90. The van der Waals surface area contributed by atoms with E-state index in [1.165, 1.54) is 12.4 Å². The maximum atomic E-state index is 10.9. The van der Waals surface area contributed by atoms with Crippen molar-refractivity contribution in [2.24, 2.45) is 0 Å². The Labute approximate surface area is 74.9 Å². The van der Waals surface area contributed by atoms with Crippen molar-refractivity contribution < 1.29 is 13.2 Å². The Morgan fingerprint density at radius 1 is 1.38 bits per heavy atom. The fraction of sp³-hybridized carbons (Fsp3) is 0.167. The number of sulfone groups is 1. The van der Waals surface area contributed by atoms with Crippen molar-refractivity contribution >= 4 is 21.9 Å². The number of hydrogen-bond donors (Lipinski definition) is 1. The summed E-state index contributed by atoms with van der Waals surface area (Å²) in [5.74, 6) is 0. The van der Waals surface area contributed by atoms with Crippen LogP contribution in [0, 0.1) is 0 Å². The number of carbonyl (C=O) groups excluding carboxylic acids is 1. The first-order chi connectivity index (χ1) is 6.04. The zero-order valence-electron chi connectivity index (χ0n) is 6.76. The Kier molecular flexibility index (Phi) is 2.57. The lowest BCUT2D eigenvalue weighted by Crippen LogP contribution is -2.04. The second kappa shape index (κ2) is 3.48. The first kappa shape index (κ1) is 9.59. The fourth-order valence-electron chi connectivity index (χ4n) is 0.650. The van der Waals surface area contributed by atoms with Crippen molar-refractivity contribution in [1.82, 2.24) is 9.97 Å². The van der Waals surface area contributed by atoms with Crippen LogP contribution in [-0.4, -0.2) is 31.1 Å². The largest absolute Gasteiger partial charge is 0.326 e. The van der Waals surface area contributed by atoms with Gasteiger partial charge in [0.25, 0.3) is 0 Å². The molecule has 0 aliphatic rings. The number of anilines is 1. The highest BCUT2D eigenvalue weighted by Crippen LogP contribution is 2.04. The molecule has 1 N–H and O–H groups in total. The second-order valence-corrected chi connectivity index (χ2v) is 4.20. The van der Waals surface area contributed by atoms with Crippen LogP contribution in [0.2, 0.25) is 0 Å². The summed E-state index contributed by atoms with van der Waals surface area (Å²) in [6, 6.07) is 0. The summed E-state index contributed by atoms with van der Waals surface area (Å²) in [7, 11) is -3.37. The van der Waals surface area contributed by atoms with E-state index in [2.05, 4.69) is 15.3 Å². The molecule has 0 aromatic carbocycles.